The van der Waals surface area contributed by atoms with Crippen LogP contribution >= 0.6 is 11.3 Å². The van der Waals surface area contributed by atoms with Crippen molar-refractivity contribution in [3.8, 4) is 10.6 Å². The van der Waals surface area contributed by atoms with Crippen molar-refractivity contribution in [1.29, 1.82) is 0 Å². The van der Waals surface area contributed by atoms with Crippen molar-refractivity contribution >= 4 is 21.4 Å². The van der Waals surface area contributed by atoms with Crippen LogP contribution < -0.4 is 5.32 Å². The van der Waals surface area contributed by atoms with Gasteiger partial charge in [0.2, 0.25) is 0 Å². The Morgan fingerprint density at radius 1 is 1.33 bits per heavy atom. The fourth-order valence-corrected chi connectivity index (χ4v) is 3.17. The Balaban J connectivity index is 1.78. The van der Waals surface area contributed by atoms with Gasteiger partial charge in [-0.3, -0.25) is 0 Å². The van der Waals surface area contributed by atoms with Crippen LogP contribution in [0.3, 0.4) is 0 Å². The molecule has 1 aromatic carbocycles. The van der Waals surface area contributed by atoms with E-state index < -0.39 is 0 Å². The Bertz CT molecular complexity index is 748. The van der Waals surface area contributed by atoms with E-state index in [4.69, 9.17) is 4.42 Å². The Hall–Kier alpha value is -1.72. The molecule has 0 aliphatic carbocycles. The first-order valence-corrected chi connectivity index (χ1v) is 7.81. The van der Waals surface area contributed by atoms with E-state index in [2.05, 4.69) is 24.1 Å². The lowest BCUT2D eigenvalue weighted by Crippen LogP contribution is -2.24. The molecule has 0 atom stereocenters. The highest BCUT2D eigenvalue weighted by Gasteiger charge is 2.10. The van der Waals surface area contributed by atoms with Gasteiger partial charge in [-0.05, 0) is 23.6 Å². The minimum Gasteiger partial charge on any atom is -0.440 e. The number of halogens is 1. The van der Waals surface area contributed by atoms with Gasteiger partial charge in [-0.25, -0.2) is 9.37 Å². The molecule has 110 valence electrons. The van der Waals surface area contributed by atoms with E-state index in [9.17, 15) is 4.39 Å². The van der Waals surface area contributed by atoms with Gasteiger partial charge in [-0.1, -0.05) is 19.9 Å². The van der Waals surface area contributed by atoms with Crippen LogP contribution in [0.4, 0.5) is 4.39 Å². The lowest BCUT2D eigenvalue weighted by molar-refractivity contribution is 0.485. The van der Waals surface area contributed by atoms with Crippen molar-refractivity contribution < 1.29 is 8.81 Å². The van der Waals surface area contributed by atoms with Crippen molar-refractivity contribution in [3.63, 3.8) is 0 Å². The van der Waals surface area contributed by atoms with Crippen LogP contribution in [0.15, 0.2) is 34.9 Å². The number of nitrogens with zero attached hydrogens (tertiary/aromatic N) is 1. The molecule has 0 unspecified atom stereocenters. The predicted octanol–water partition coefficient (Wildman–Crippen LogP) is 4.24. The van der Waals surface area contributed by atoms with Gasteiger partial charge in [-0.2, -0.15) is 0 Å². The van der Waals surface area contributed by atoms with Crippen LogP contribution in [-0.2, 0) is 6.42 Å². The third-order valence-electron chi connectivity index (χ3n) is 3.17. The van der Waals surface area contributed by atoms with Crippen molar-refractivity contribution in [2.75, 3.05) is 6.54 Å². The maximum Gasteiger partial charge on any atom is 0.196 e. The van der Waals surface area contributed by atoms with Crippen molar-refractivity contribution in [3.05, 3.63) is 42.2 Å². The Kier molecular flexibility index (Phi) is 4.03. The van der Waals surface area contributed by atoms with Crippen molar-refractivity contribution in [1.82, 2.24) is 10.3 Å². The number of fused-ring (bicyclic) bond motifs is 1. The van der Waals surface area contributed by atoms with Crippen LogP contribution in [-0.4, -0.2) is 17.6 Å². The molecule has 3 aromatic rings. The highest BCUT2D eigenvalue weighted by Crippen LogP contribution is 2.34. The Labute approximate surface area is 126 Å². The summed E-state index contributed by atoms with van der Waals surface area (Å²) < 4.78 is 19.9. The van der Waals surface area contributed by atoms with E-state index in [-0.39, 0.29) is 5.82 Å². The van der Waals surface area contributed by atoms with E-state index in [0.29, 0.717) is 6.04 Å². The predicted molar refractivity (Wildman–Crippen MR) is 84.1 cm³/mol. The van der Waals surface area contributed by atoms with Gasteiger partial charge in [0.25, 0.3) is 0 Å². The summed E-state index contributed by atoms with van der Waals surface area (Å²) in [6.45, 7) is 5.06. The molecule has 5 heteroatoms. The Morgan fingerprint density at radius 2 is 2.19 bits per heavy atom. The van der Waals surface area contributed by atoms with Crippen LogP contribution in [0, 0.1) is 5.82 Å². The fourth-order valence-electron chi connectivity index (χ4n) is 2.13. The maximum absolute atomic E-state index is 13.2. The summed E-state index contributed by atoms with van der Waals surface area (Å²) in [6, 6.07) is 7.28. The molecule has 1 N–H and O–H groups in total. The molecule has 0 bridgehead atoms. The molecule has 0 aliphatic rings. The van der Waals surface area contributed by atoms with Crippen LogP contribution in [0.1, 0.15) is 19.7 Å². The van der Waals surface area contributed by atoms with E-state index in [0.717, 1.165) is 39.6 Å². The van der Waals surface area contributed by atoms with Crippen LogP contribution in [0.25, 0.3) is 20.7 Å². The minimum absolute atomic E-state index is 0.214. The first-order chi connectivity index (χ1) is 10.1. The largest absolute Gasteiger partial charge is 0.440 e. The second-order valence-electron chi connectivity index (χ2n) is 5.27. The second-order valence-corrected chi connectivity index (χ2v) is 6.35. The number of aromatic nitrogens is 1. The monoisotopic (exact) mass is 304 g/mol. The molecule has 0 amide bonds. The van der Waals surface area contributed by atoms with Crippen LogP contribution in [0.2, 0.25) is 0 Å². The van der Waals surface area contributed by atoms with Gasteiger partial charge < -0.3 is 9.73 Å². The van der Waals surface area contributed by atoms with Crippen molar-refractivity contribution in [2.45, 2.75) is 26.3 Å². The molecule has 0 aliphatic heterocycles. The quantitative estimate of drug-likeness (QED) is 0.766. The van der Waals surface area contributed by atoms with E-state index in [1.165, 1.54) is 17.4 Å². The number of rotatable bonds is 5. The smallest absolute Gasteiger partial charge is 0.196 e. The molecule has 0 spiro atoms. The molecule has 0 radical (unpaired) electrons. The number of benzene rings is 1. The van der Waals surface area contributed by atoms with Crippen molar-refractivity contribution in [2.24, 2.45) is 0 Å². The summed E-state index contributed by atoms with van der Waals surface area (Å²) in [5.74, 6) is 1.26. The Morgan fingerprint density at radius 3 is 3.00 bits per heavy atom. The average molecular weight is 304 g/mol. The molecular formula is C16H17FN2OS. The third-order valence-corrected chi connectivity index (χ3v) is 4.28. The molecule has 0 saturated heterocycles. The zero-order chi connectivity index (χ0) is 14.8. The van der Waals surface area contributed by atoms with Gasteiger partial charge in [0.05, 0.1) is 11.1 Å². The third kappa shape index (κ3) is 3.31. The number of oxazole rings is 1. The lowest BCUT2D eigenvalue weighted by Gasteiger charge is -2.05. The molecule has 3 nitrogen and oxygen atoms in total. The molecule has 2 heterocycles. The van der Waals surface area contributed by atoms with Gasteiger partial charge >= 0.3 is 0 Å². The molecule has 0 fully saturated rings. The molecule has 3 rings (SSSR count). The van der Waals surface area contributed by atoms with E-state index >= 15 is 0 Å². The van der Waals surface area contributed by atoms with Crippen LogP contribution in [0.5, 0.6) is 0 Å². The van der Waals surface area contributed by atoms with E-state index in [1.807, 2.05) is 6.07 Å². The number of nitrogens with one attached hydrogen (secondary N) is 1. The molecular weight excluding hydrogens is 287 g/mol. The molecule has 2 aromatic heterocycles. The van der Waals surface area contributed by atoms with Gasteiger partial charge in [0.15, 0.2) is 11.7 Å². The van der Waals surface area contributed by atoms with Gasteiger partial charge in [0, 0.05) is 23.7 Å². The summed E-state index contributed by atoms with van der Waals surface area (Å²) in [6.07, 6.45) is 2.50. The number of thiophene rings is 1. The average Bonchev–Trinajstić information content (AvgIpc) is 3.03. The van der Waals surface area contributed by atoms with Gasteiger partial charge in [-0.15, -0.1) is 11.3 Å². The topological polar surface area (TPSA) is 38.1 Å². The zero-order valence-electron chi connectivity index (χ0n) is 12.0. The number of hydrogen-bond acceptors (Lipinski definition) is 4. The normalized spacial score (nSPS) is 11.6. The summed E-state index contributed by atoms with van der Waals surface area (Å²) in [4.78, 5) is 5.28. The first-order valence-electron chi connectivity index (χ1n) is 6.99. The summed E-state index contributed by atoms with van der Waals surface area (Å²) in [7, 11) is 0. The van der Waals surface area contributed by atoms with Gasteiger partial charge in [0.1, 0.15) is 5.82 Å². The molecule has 21 heavy (non-hydrogen) atoms. The summed E-state index contributed by atoms with van der Waals surface area (Å²) in [5.41, 5.74) is 0. The summed E-state index contributed by atoms with van der Waals surface area (Å²) >= 11 is 1.52. The first kappa shape index (κ1) is 14.2. The molecule has 0 saturated carbocycles. The minimum atomic E-state index is -0.214. The SMILES string of the molecule is CC(C)NCCc1ncc(-c2cc3ccc(F)cc3s2)o1. The standard InChI is InChI=1S/C16H17FN2OS/c1-10(2)18-6-5-16-19-9-13(20-16)15-7-11-3-4-12(17)8-14(11)21-15/h3-4,7-10,18H,5-6H2,1-2H3. The maximum atomic E-state index is 13.2. The lowest BCUT2D eigenvalue weighted by atomic mass is 10.2. The number of hydrogen-bond donors (Lipinski definition) is 1. The zero-order valence-corrected chi connectivity index (χ0v) is 12.8. The fraction of sp³-hybridized carbons (Fsp3) is 0.312. The highest BCUT2D eigenvalue weighted by atomic mass is 32.1. The summed E-state index contributed by atoms with van der Waals surface area (Å²) in [5, 5.41) is 4.36. The van der Waals surface area contributed by atoms with E-state index in [1.54, 1.807) is 18.3 Å². The highest BCUT2D eigenvalue weighted by molar-refractivity contribution is 7.22. The second kappa shape index (κ2) is 5.95.